The fraction of sp³-hybridized carbons (Fsp3) is 0.360. The number of sulfonamides is 1. The van der Waals surface area contributed by atoms with Gasteiger partial charge in [0.05, 0.1) is 24.7 Å². The molecule has 0 atom stereocenters. The molecule has 3 rings (SSSR count). The van der Waals surface area contributed by atoms with Gasteiger partial charge in [0, 0.05) is 23.6 Å². The molecule has 0 saturated heterocycles. The Morgan fingerprint density at radius 1 is 1.12 bits per heavy atom. The lowest BCUT2D eigenvalue weighted by molar-refractivity contribution is -0.127. The van der Waals surface area contributed by atoms with Gasteiger partial charge in [0.2, 0.25) is 5.82 Å². The first-order chi connectivity index (χ1) is 16.1. The first-order valence-electron chi connectivity index (χ1n) is 11.1. The van der Waals surface area contributed by atoms with Crippen LogP contribution in [-0.2, 0) is 21.2 Å². The molecule has 8 nitrogen and oxygen atoms in total. The van der Waals surface area contributed by atoms with E-state index in [4.69, 9.17) is 4.74 Å². The molecule has 1 aromatic carbocycles. The minimum atomic E-state index is -4.03. The summed E-state index contributed by atoms with van der Waals surface area (Å²) in [5.74, 6) is 0.314. The maximum Gasteiger partial charge on any atom is 0.265 e. The number of hydrogen-bond acceptors (Lipinski definition) is 7. The highest BCUT2D eigenvalue weighted by Gasteiger charge is 2.27. The van der Waals surface area contributed by atoms with Crippen molar-refractivity contribution in [2.45, 2.75) is 51.9 Å². The number of nitrogens with one attached hydrogen (secondary N) is 1. The maximum absolute atomic E-state index is 13.2. The Morgan fingerprint density at radius 3 is 2.47 bits per heavy atom. The van der Waals surface area contributed by atoms with Crippen LogP contribution in [-0.4, -0.2) is 36.3 Å². The third-order valence-corrected chi connectivity index (χ3v) is 6.82. The van der Waals surface area contributed by atoms with Gasteiger partial charge in [0.1, 0.15) is 10.7 Å². The van der Waals surface area contributed by atoms with Gasteiger partial charge in [-0.1, -0.05) is 45.0 Å². The molecule has 0 radical (unpaired) electrons. The average molecular weight is 483 g/mol. The highest BCUT2D eigenvalue weighted by atomic mass is 32.2. The number of ketones is 1. The third kappa shape index (κ3) is 5.77. The highest BCUT2D eigenvalue weighted by Crippen LogP contribution is 2.30. The van der Waals surface area contributed by atoms with E-state index in [1.165, 1.54) is 19.4 Å². The number of ether oxygens (including phenoxy) is 1. The summed E-state index contributed by atoms with van der Waals surface area (Å²) in [6.45, 7) is 7.64. The molecule has 0 spiro atoms. The van der Waals surface area contributed by atoms with Gasteiger partial charge in [0.25, 0.3) is 15.9 Å². The van der Waals surface area contributed by atoms with Crippen LogP contribution in [0.25, 0.3) is 11.3 Å². The summed E-state index contributed by atoms with van der Waals surface area (Å²) in [4.78, 5) is 25.0. The van der Waals surface area contributed by atoms with Crippen molar-refractivity contribution in [3.05, 3.63) is 60.0 Å². The summed E-state index contributed by atoms with van der Waals surface area (Å²) in [7, 11) is -2.64. The van der Waals surface area contributed by atoms with Crippen molar-refractivity contribution < 1.29 is 17.9 Å². The molecule has 0 amide bonds. The molecule has 0 unspecified atom stereocenters. The molecule has 0 fully saturated rings. The lowest BCUT2D eigenvalue weighted by Gasteiger charge is -2.23. The second kappa shape index (κ2) is 10.3. The van der Waals surface area contributed by atoms with Crippen molar-refractivity contribution in [3.63, 3.8) is 0 Å². The molecule has 34 heavy (non-hydrogen) atoms. The fourth-order valence-electron chi connectivity index (χ4n) is 3.63. The minimum Gasteiger partial charge on any atom is -0.478 e. The van der Waals surface area contributed by atoms with Crippen molar-refractivity contribution >= 4 is 21.6 Å². The van der Waals surface area contributed by atoms with E-state index >= 15 is 0 Å². The number of anilines is 1. The predicted molar refractivity (Wildman–Crippen MR) is 131 cm³/mol. The zero-order chi connectivity index (χ0) is 24.9. The molecular weight excluding hydrogens is 452 g/mol. The summed E-state index contributed by atoms with van der Waals surface area (Å²) < 4.78 is 34.1. The van der Waals surface area contributed by atoms with Crippen LogP contribution in [0.1, 0.15) is 44.9 Å². The molecule has 2 aromatic heterocycles. The number of rotatable bonds is 10. The zero-order valence-electron chi connectivity index (χ0n) is 20.1. The van der Waals surface area contributed by atoms with E-state index in [9.17, 15) is 13.2 Å². The molecule has 0 saturated carbocycles. The first kappa shape index (κ1) is 25.3. The predicted octanol–water partition coefficient (Wildman–Crippen LogP) is 4.59. The highest BCUT2D eigenvalue weighted by molar-refractivity contribution is 7.92. The molecule has 2 heterocycles. The second-order valence-electron chi connectivity index (χ2n) is 8.76. The van der Waals surface area contributed by atoms with Crippen LogP contribution < -0.4 is 9.46 Å². The minimum absolute atomic E-state index is 0.00257. The van der Waals surface area contributed by atoms with Gasteiger partial charge in [-0.2, -0.15) is 0 Å². The quantitative estimate of drug-likeness (QED) is 0.450. The molecule has 0 bridgehead atoms. The van der Waals surface area contributed by atoms with Crippen molar-refractivity contribution in [2.24, 2.45) is 5.41 Å². The number of methoxy groups -OCH3 is 1. The van der Waals surface area contributed by atoms with E-state index in [-0.39, 0.29) is 22.4 Å². The number of carbonyl (C=O) groups is 1. The van der Waals surface area contributed by atoms with E-state index in [1.807, 2.05) is 45.0 Å². The first-order valence-corrected chi connectivity index (χ1v) is 12.5. The Hall–Kier alpha value is -3.33. The summed E-state index contributed by atoms with van der Waals surface area (Å²) in [6.07, 6.45) is 4.99. The molecule has 9 heteroatoms. The van der Waals surface area contributed by atoms with Crippen molar-refractivity contribution in [2.75, 3.05) is 11.8 Å². The van der Waals surface area contributed by atoms with Crippen LogP contribution in [0.15, 0.2) is 53.7 Å². The van der Waals surface area contributed by atoms with E-state index in [0.717, 1.165) is 12.0 Å². The van der Waals surface area contributed by atoms with Crippen molar-refractivity contribution in [3.8, 4) is 17.1 Å². The van der Waals surface area contributed by atoms with Crippen molar-refractivity contribution in [1.29, 1.82) is 0 Å². The van der Waals surface area contributed by atoms with Crippen LogP contribution >= 0.6 is 0 Å². The topological polar surface area (TPSA) is 111 Å². The number of benzene rings is 1. The Labute approximate surface area is 200 Å². The third-order valence-electron chi connectivity index (χ3n) is 5.45. The maximum atomic E-state index is 13.2. The second-order valence-corrected chi connectivity index (χ2v) is 10.4. The SMILES string of the molecule is CCCC(=O)C(C)(C)Cc1ccc(-c2ncccc2S(=O)(=O)Nc2ncc(C)nc2OC)cc1. The van der Waals surface area contributed by atoms with Gasteiger partial charge in [-0.3, -0.25) is 14.5 Å². The molecule has 0 aliphatic heterocycles. The van der Waals surface area contributed by atoms with Crippen LogP contribution in [0.4, 0.5) is 5.82 Å². The van der Waals surface area contributed by atoms with E-state index in [1.54, 1.807) is 19.2 Å². The normalized spacial score (nSPS) is 11.8. The summed E-state index contributed by atoms with van der Waals surface area (Å²) in [5, 5.41) is 0. The number of aryl methyl sites for hydroxylation is 1. The van der Waals surface area contributed by atoms with Gasteiger partial charge >= 0.3 is 0 Å². The Kier molecular flexibility index (Phi) is 7.66. The smallest absolute Gasteiger partial charge is 0.265 e. The molecular formula is C25H30N4O4S. The zero-order valence-corrected chi connectivity index (χ0v) is 20.9. The lowest BCUT2D eigenvalue weighted by atomic mass is 9.80. The number of pyridine rings is 1. The van der Waals surface area contributed by atoms with Gasteiger partial charge in [0.15, 0.2) is 0 Å². The number of hydrogen-bond donors (Lipinski definition) is 1. The summed E-state index contributed by atoms with van der Waals surface area (Å²) in [5.41, 5.74) is 2.08. The number of Topliss-reactive ketones (excluding diaryl/α,β-unsaturated/α-hetero) is 1. The number of nitrogens with zero attached hydrogens (tertiary/aromatic N) is 3. The summed E-state index contributed by atoms with van der Waals surface area (Å²) in [6, 6.07) is 10.5. The van der Waals surface area contributed by atoms with Gasteiger partial charge < -0.3 is 4.74 Å². The standard InChI is InChI=1S/C25H30N4O4S/c1-6-8-21(30)25(3,4)15-18-10-12-19(13-11-18)22-20(9-7-14-26-22)34(31,32)29-23-24(33-5)28-17(2)16-27-23/h7,9-14,16H,6,8,15H2,1-5H3,(H,27,29). The van der Waals surface area contributed by atoms with E-state index < -0.39 is 15.4 Å². The monoisotopic (exact) mass is 482 g/mol. The lowest BCUT2D eigenvalue weighted by Crippen LogP contribution is -2.26. The fourth-order valence-corrected chi connectivity index (χ4v) is 4.82. The number of carbonyl (C=O) groups excluding carboxylic acids is 1. The van der Waals surface area contributed by atoms with Gasteiger partial charge in [-0.15, -0.1) is 0 Å². The van der Waals surface area contributed by atoms with Gasteiger partial charge in [-0.05, 0) is 37.5 Å². The molecule has 0 aliphatic carbocycles. The Morgan fingerprint density at radius 2 is 1.82 bits per heavy atom. The average Bonchev–Trinajstić information content (AvgIpc) is 2.80. The van der Waals surface area contributed by atoms with Gasteiger partial charge in [-0.25, -0.2) is 18.4 Å². The molecule has 3 aromatic rings. The molecule has 1 N–H and O–H groups in total. The number of aromatic nitrogens is 3. The Balaban J connectivity index is 1.90. The van der Waals surface area contributed by atoms with E-state index in [0.29, 0.717) is 29.8 Å². The van der Waals surface area contributed by atoms with Crippen LogP contribution in [0.5, 0.6) is 5.88 Å². The Bertz CT molecular complexity index is 1270. The molecule has 0 aliphatic rings. The van der Waals surface area contributed by atoms with E-state index in [2.05, 4.69) is 19.7 Å². The largest absolute Gasteiger partial charge is 0.478 e. The van der Waals surface area contributed by atoms with Crippen molar-refractivity contribution in [1.82, 2.24) is 15.0 Å². The van der Waals surface area contributed by atoms with Crippen LogP contribution in [0, 0.1) is 12.3 Å². The summed E-state index contributed by atoms with van der Waals surface area (Å²) >= 11 is 0. The van der Waals surface area contributed by atoms with Crippen LogP contribution in [0.2, 0.25) is 0 Å². The van der Waals surface area contributed by atoms with Crippen LogP contribution in [0.3, 0.4) is 0 Å². The molecule has 180 valence electrons.